The fourth-order valence-corrected chi connectivity index (χ4v) is 3.46. The van der Waals surface area contributed by atoms with E-state index in [2.05, 4.69) is 15.1 Å². The van der Waals surface area contributed by atoms with Crippen LogP contribution in [0.3, 0.4) is 0 Å². The van der Waals surface area contributed by atoms with Crippen molar-refractivity contribution in [3.63, 3.8) is 0 Å². The largest absolute Gasteiger partial charge is 0.337 e. The van der Waals surface area contributed by atoms with E-state index in [0.717, 1.165) is 17.0 Å². The summed E-state index contributed by atoms with van der Waals surface area (Å²) in [5.41, 5.74) is 1.43. The molecular formula is C17H16N4O2S. The Morgan fingerprint density at radius 1 is 1.29 bits per heavy atom. The summed E-state index contributed by atoms with van der Waals surface area (Å²) in [7, 11) is 0. The highest BCUT2D eigenvalue weighted by Gasteiger charge is 2.31. The van der Waals surface area contributed by atoms with Crippen molar-refractivity contribution in [3.8, 4) is 11.5 Å². The lowest BCUT2D eigenvalue weighted by molar-refractivity contribution is 0.0785. The molecular weight excluding hydrogens is 324 g/mol. The van der Waals surface area contributed by atoms with E-state index in [1.807, 2.05) is 47.5 Å². The van der Waals surface area contributed by atoms with Gasteiger partial charge in [-0.15, -0.1) is 11.3 Å². The number of hydrogen-bond donors (Lipinski definition) is 0. The SMILES string of the molecule is Cc1nc(C(=O)N2CC[C@@H](c3noc(-c4ccccc4)n3)C2)cs1. The van der Waals surface area contributed by atoms with Gasteiger partial charge in [0.25, 0.3) is 11.8 Å². The Kier molecular flexibility index (Phi) is 3.86. The highest BCUT2D eigenvalue weighted by atomic mass is 32.1. The molecule has 0 N–H and O–H groups in total. The van der Waals surface area contributed by atoms with Gasteiger partial charge in [-0.25, -0.2) is 4.98 Å². The van der Waals surface area contributed by atoms with E-state index in [1.165, 1.54) is 11.3 Å². The first-order valence-corrected chi connectivity index (χ1v) is 8.69. The van der Waals surface area contributed by atoms with Crippen LogP contribution in [-0.4, -0.2) is 39.0 Å². The molecule has 1 fully saturated rings. The van der Waals surface area contributed by atoms with Gasteiger partial charge in [-0.3, -0.25) is 4.79 Å². The molecule has 3 aromatic rings. The van der Waals surface area contributed by atoms with Crippen LogP contribution in [0.1, 0.15) is 33.7 Å². The van der Waals surface area contributed by atoms with Gasteiger partial charge in [0, 0.05) is 30.0 Å². The highest BCUT2D eigenvalue weighted by Crippen LogP contribution is 2.28. The normalized spacial score (nSPS) is 17.4. The number of benzene rings is 1. The van der Waals surface area contributed by atoms with Crippen LogP contribution in [0.15, 0.2) is 40.2 Å². The monoisotopic (exact) mass is 340 g/mol. The molecule has 1 aromatic carbocycles. The molecule has 3 heterocycles. The lowest BCUT2D eigenvalue weighted by Crippen LogP contribution is -2.28. The van der Waals surface area contributed by atoms with E-state index < -0.39 is 0 Å². The molecule has 1 aliphatic rings. The van der Waals surface area contributed by atoms with Crippen LogP contribution < -0.4 is 0 Å². The molecule has 0 radical (unpaired) electrons. The number of likely N-dealkylation sites (tertiary alicyclic amines) is 1. The quantitative estimate of drug-likeness (QED) is 0.732. The van der Waals surface area contributed by atoms with Crippen LogP contribution >= 0.6 is 11.3 Å². The molecule has 0 bridgehead atoms. The van der Waals surface area contributed by atoms with Gasteiger partial charge in [-0.2, -0.15) is 4.98 Å². The first-order valence-electron chi connectivity index (χ1n) is 7.81. The molecule has 1 atom stereocenters. The molecule has 1 amide bonds. The Morgan fingerprint density at radius 3 is 2.88 bits per heavy atom. The fourth-order valence-electron chi connectivity index (χ4n) is 2.88. The molecule has 122 valence electrons. The molecule has 24 heavy (non-hydrogen) atoms. The average Bonchev–Trinajstić information content (AvgIpc) is 3.35. The summed E-state index contributed by atoms with van der Waals surface area (Å²) in [6.07, 6.45) is 0.836. The second-order valence-electron chi connectivity index (χ2n) is 5.81. The summed E-state index contributed by atoms with van der Waals surface area (Å²) in [6.45, 7) is 3.19. The minimum absolute atomic E-state index is 0.0198. The van der Waals surface area contributed by atoms with Crippen molar-refractivity contribution in [2.24, 2.45) is 0 Å². The van der Waals surface area contributed by atoms with Gasteiger partial charge in [-0.1, -0.05) is 23.4 Å². The molecule has 1 saturated heterocycles. The van der Waals surface area contributed by atoms with Crippen LogP contribution in [0, 0.1) is 6.92 Å². The van der Waals surface area contributed by atoms with Crippen LogP contribution in [0.5, 0.6) is 0 Å². The summed E-state index contributed by atoms with van der Waals surface area (Å²) < 4.78 is 5.37. The number of aromatic nitrogens is 3. The van der Waals surface area contributed by atoms with Crippen LogP contribution in [0.25, 0.3) is 11.5 Å². The predicted octanol–water partition coefficient (Wildman–Crippen LogP) is 3.13. The Hall–Kier alpha value is -2.54. The smallest absolute Gasteiger partial charge is 0.273 e. The molecule has 4 rings (SSSR count). The summed E-state index contributed by atoms with van der Waals surface area (Å²) in [5.74, 6) is 1.27. The second-order valence-corrected chi connectivity index (χ2v) is 6.87. The van der Waals surface area contributed by atoms with Crippen molar-refractivity contribution in [1.82, 2.24) is 20.0 Å². The maximum absolute atomic E-state index is 12.5. The van der Waals surface area contributed by atoms with E-state index in [1.54, 1.807) is 0 Å². The van der Waals surface area contributed by atoms with Crippen molar-refractivity contribution in [3.05, 3.63) is 52.2 Å². The van der Waals surface area contributed by atoms with E-state index in [4.69, 9.17) is 4.52 Å². The first-order chi connectivity index (χ1) is 11.7. The van der Waals surface area contributed by atoms with Gasteiger partial charge in [-0.05, 0) is 25.5 Å². The van der Waals surface area contributed by atoms with Gasteiger partial charge in [0.05, 0.1) is 5.01 Å². The Balaban J connectivity index is 1.47. The van der Waals surface area contributed by atoms with E-state index >= 15 is 0 Å². The van der Waals surface area contributed by atoms with Crippen LogP contribution in [0.2, 0.25) is 0 Å². The molecule has 0 spiro atoms. The van der Waals surface area contributed by atoms with Crippen LogP contribution in [0.4, 0.5) is 0 Å². The third-order valence-electron chi connectivity index (χ3n) is 4.14. The number of carbonyl (C=O) groups is 1. The van der Waals surface area contributed by atoms with Gasteiger partial charge in [0.1, 0.15) is 5.69 Å². The van der Waals surface area contributed by atoms with Crippen molar-refractivity contribution < 1.29 is 9.32 Å². The third kappa shape index (κ3) is 2.82. The van der Waals surface area contributed by atoms with E-state index in [9.17, 15) is 4.79 Å². The van der Waals surface area contributed by atoms with Gasteiger partial charge >= 0.3 is 0 Å². The number of nitrogens with zero attached hydrogens (tertiary/aromatic N) is 4. The van der Waals surface area contributed by atoms with Crippen molar-refractivity contribution in [1.29, 1.82) is 0 Å². The summed E-state index contributed by atoms with van der Waals surface area (Å²) >= 11 is 1.49. The van der Waals surface area contributed by atoms with Crippen molar-refractivity contribution in [2.45, 2.75) is 19.3 Å². The predicted molar refractivity (Wildman–Crippen MR) is 89.8 cm³/mol. The first kappa shape index (κ1) is 15.0. The average molecular weight is 340 g/mol. The Morgan fingerprint density at radius 2 is 2.12 bits per heavy atom. The maximum atomic E-state index is 12.5. The summed E-state index contributed by atoms with van der Waals surface area (Å²) in [6, 6.07) is 9.69. The fraction of sp³-hybridized carbons (Fsp3) is 0.294. The number of rotatable bonds is 3. The number of aryl methyl sites for hydroxylation is 1. The Bertz CT molecular complexity index is 858. The summed E-state index contributed by atoms with van der Waals surface area (Å²) in [5, 5.41) is 6.82. The highest BCUT2D eigenvalue weighted by molar-refractivity contribution is 7.09. The molecule has 7 heteroatoms. The zero-order chi connectivity index (χ0) is 16.5. The Labute approximate surface area is 143 Å². The second kappa shape index (κ2) is 6.16. The maximum Gasteiger partial charge on any atom is 0.273 e. The number of hydrogen-bond acceptors (Lipinski definition) is 6. The standard InChI is InChI=1S/C17H16N4O2S/c1-11-18-14(10-24-11)17(22)21-8-7-13(9-21)15-19-16(23-20-15)12-5-3-2-4-6-12/h2-6,10,13H,7-9H2,1H3/t13-/m1/s1. The summed E-state index contributed by atoms with van der Waals surface area (Å²) in [4.78, 5) is 23.1. The van der Waals surface area contributed by atoms with Gasteiger partial charge < -0.3 is 9.42 Å². The number of carbonyl (C=O) groups excluding carboxylic acids is 1. The van der Waals surface area contributed by atoms with Gasteiger partial charge in [0.15, 0.2) is 5.82 Å². The molecule has 1 aliphatic heterocycles. The number of amides is 1. The lowest BCUT2D eigenvalue weighted by atomic mass is 10.1. The minimum atomic E-state index is -0.0198. The van der Waals surface area contributed by atoms with Crippen molar-refractivity contribution >= 4 is 17.2 Å². The molecule has 2 aromatic heterocycles. The third-order valence-corrected chi connectivity index (χ3v) is 4.91. The molecule has 0 saturated carbocycles. The lowest BCUT2D eigenvalue weighted by Gasteiger charge is -2.13. The minimum Gasteiger partial charge on any atom is -0.337 e. The molecule has 6 nitrogen and oxygen atoms in total. The zero-order valence-electron chi connectivity index (χ0n) is 13.2. The van der Waals surface area contributed by atoms with Gasteiger partial charge in [0.2, 0.25) is 0 Å². The van der Waals surface area contributed by atoms with E-state index in [0.29, 0.717) is 30.5 Å². The van der Waals surface area contributed by atoms with E-state index in [-0.39, 0.29) is 11.8 Å². The zero-order valence-corrected chi connectivity index (χ0v) is 14.0. The topological polar surface area (TPSA) is 72.1 Å². The molecule has 0 aliphatic carbocycles. The molecule has 0 unspecified atom stereocenters. The van der Waals surface area contributed by atoms with Crippen LogP contribution in [-0.2, 0) is 0 Å². The number of thiazole rings is 1. The van der Waals surface area contributed by atoms with Crippen molar-refractivity contribution in [2.75, 3.05) is 13.1 Å².